The largest absolute Gasteiger partial charge is 0.343 e. The molecule has 0 amide bonds. The predicted molar refractivity (Wildman–Crippen MR) is 80.2 cm³/mol. The first-order chi connectivity index (χ1) is 9.66. The van der Waals surface area contributed by atoms with Gasteiger partial charge in [0.05, 0.1) is 0 Å². The van der Waals surface area contributed by atoms with Gasteiger partial charge in [0.2, 0.25) is 5.78 Å². The molecule has 20 heavy (non-hydrogen) atoms. The van der Waals surface area contributed by atoms with Crippen LogP contribution in [0, 0.1) is 0 Å². The van der Waals surface area contributed by atoms with Crippen LogP contribution in [0.3, 0.4) is 0 Å². The molecule has 0 aliphatic heterocycles. The van der Waals surface area contributed by atoms with Crippen LogP contribution in [0.5, 0.6) is 0 Å². The fourth-order valence-corrected chi connectivity index (χ4v) is 2.00. The molecule has 1 aromatic rings. The van der Waals surface area contributed by atoms with E-state index >= 15 is 0 Å². The van der Waals surface area contributed by atoms with Gasteiger partial charge >= 0.3 is 0 Å². The topological polar surface area (TPSA) is 35.5 Å². The zero-order chi connectivity index (χ0) is 15.0. The van der Waals surface area contributed by atoms with Gasteiger partial charge in [0.15, 0.2) is 0 Å². The van der Waals surface area contributed by atoms with Gasteiger partial charge in [-0.1, -0.05) is 61.2 Å². The smallest absolute Gasteiger partial charge is 0.260 e. The number of ether oxygens (including phenoxy) is 2. The summed E-state index contributed by atoms with van der Waals surface area (Å²) in [5, 5.41) is 0. The van der Waals surface area contributed by atoms with E-state index in [9.17, 15) is 4.79 Å². The van der Waals surface area contributed by atoms with Crippen LogP contribution in [0.2, 0.25) is 0 Å². The fraction of sp³-hybridized carbons (Fsp3) is 0.235. The maximum Gasteiger partial charge on any atom is 0.260 e. The molecule has 0 saturated carbocycles. The molecule has 106 valence electrons. The molecule has 0 bridgehead atoms. The van der Waals surface area contributed by atoms with Gasteiger partial charge in [0.25, 0.3) is 5.79 Å². The number of hydrogen-bond donors (Lipinski definition) is 0. The number of benzene rings is 1. The molecule has 0 aliphatic carbocycles. The molecular weight excluding hydrogens is 252 g/mol. The quantitative estimate of drug-likeness (QED) is 0.433. The van der Waals surface area contributed by atoms with Crippen molar-refractivity contribution < 1.29 is 14.3 Å². The summed E-state index contributed by atoms with van der Waals surface area (Å²) in [7, 11) is 2.91. The Kier molecular flexibility index (Phi) is 6.10. The van der Waals surface area contributed by atoms with Gasteiger partial charge in [-0.25, -0.2) is 0 Å². The molecule has 0 spiro atoms. The van der Waals surface area contributed by atoms with Crippen LogP contribution >= 0.6 is 0 Å². The van der Waals surface area contributed by atoms with Gasteiger partial charge in [0.1, 0.15) is 0 Å². The molecule has 0 N–H and O–H groups in total. The molecule has 0 atom stereocenters. The van der Waals surface area contributed by atoms with E-state index in [-0.39, 0.29) is 5.78 Å². The van der Waals surface area contributed by atoms with E-state index in [4.69, 9.17) is 9.47 Å². The molecule has 0 radical (unpaired) electrons. The van der Waals surface area contributed by atoms with Crippen molar-refractivity contribution in [1.29, 1.82) is 0 Å². The minimum Gasteiger partial charge on any atom is -0.343 e. The van der Waals surface area contributed by atoms with Gasteiger partial charge < -0.3 is 9.47 Å². The standard InChI is InChI=1S/C17H20O3/c1-5-10-14(11-6-2)16(18)17(19-3,20-4)15-12-8-7-9-13-15/h5-13H,1H2,2-4H3/b11-6-,14-10+. The number of Topliss-reactive ketones (excluding diaryl/α,β-unsaturated/α-hetero) is 1. The Balaban J connectivity index is 3.36. The third-order valence-corrected chi connectivity index (χ3v) is 2.93. The Morgan fingerprint density at radius 2 is 1.80 bits per heavy atom. The highest BCUT2D eigenvalue weighted by Crippen LogP contribution is 2.30. The Bertz CT molecular complexity index is 508. The van der Waals surface area contributed by atoms with Crippen molar-refractivity contribution >= 4 is 5.78 Å². The van der Waals surface area contributed by atoms with E-state index in [1.165, 1.54) is 14.2 Å². The van der Waals surface area contributed by atoms with E-state index in [0.29, 0.717) is 11.1 Å². The molecule has 0 unspecified atom stereocenters. The minimum absolute atomic E-state index is 0.272. The van der Waals surface area contributed by atoms with Crippen LogP contribution in [0.15, 0.2) is 66.8 Å². The summed E-state index contributed by atoms with van der Waals surface area (Å²) in [4.78, 5) is 12.8. The molecule has 1 rings (SSSR count). The molecule has 3 nitrogen and oxygen atoms in total. The van der Waals surface area contributed by atoms with E-state index in [2.05, 4.69) is 6.58 Å². The second-order valence-corrected chi connectivity index (χ2v) is 4.08. The molecule has 0 saturated heterocycles. The number of carbonyl (C=O) groups is 1. The monoisotopic (exact) mass is 272 g/mol. The first kappa shape index (κ1) is 16.1. The number of ketones is 1. The van der Waals surface area contributed by atoms with Crippen molar-refractivity contribution in [3.05, 3.63) is 72.4 Å². The molecule has 3 heteroatoms. The lowest BCUT2D eigenvalue weighted by atomic mass is 9.95. The fourth-order valence-electron chi connectivity index (χ4n) is 2.00. The highest BCUT2D eigenvalue weighted by atomic mass is 16.7. The average Bonchev–Trinajstić information content (AvgIpc) is 2.50. The minimum atomic E-state index is -1.45. The van der Waals surface area contributed by atoms with Crippen molar-refractivity contribution in [2.24, 2.45) is 0 Å². The third kappa shape index (κ3) is 3.13. The zero-order valence-electron chi connectivity index (χ0n) is 12.1. The van der Waals surface area contributed by atoms with Gasteiger partial charge in [-0.3, -0.25) is 4.79 Å². The van der Waals surface area contributed by atoms with Crippen LogP contribution < -0.4 is 0 Å². The van der Waals surface area contributed by atoms with Crippen molar-refractivity contribution in [3.63, 3.8) is 0 Å². The van der Waals surface area contributed by atoms with E-state index in [1.54, 1.807) is 36.4 Å². The highest BCUT2D eigenvalue weighted by Gasteiger charge is 2.41. The molecular formula is C17H20O3. The molecule has 0 aromatic heterocycles. The van der Waals surface area contributed by atoms with Crippen LogP contribution in [0.1, 0.15) is 12.5 Å². The summed E-state index contributed by atoms with van der Waals surface area (Å²) in [6.45, 7) is 5.47. The first-order valence-electron chi connectivity index (χ1n) is 6.32. The van der Waals surface area contributed by atoms with E-state index in [0.717, 1.165) is 0 Å². The lowest BCUT2D eigenvalue weighted by molar-refractivity contribution is -0.209. The molecule has 1 aromatic carbocycles. The summed E-state index contributed by atoms with van der Waals surface area (Å²) in [5.74, 6) is -1.72. The molecule has 0 heterocycles. The highest BCUT2D eigenvalue weighted by molar-refractivity contribution is 6.03. The van der Waals surface area contributed by atoms with Crippen LogP contribution in [-0.2, 0) is 20.1 Å². The zero-order valence-corrected chi connectivity index (χ0v) is 12.1. The van der Waals surface area contributed by atoms with Crippen LogP contribution in [-0.4, -0.2) is 20.0 Å². The summed E-state index contributed by atoms with van der Waals surface area (Å²) in [6.07, 6.45) is 6.69. The average molecular weight is 272 g/mol. The predicted octanol–water partition coefficient (Wildman–Crippen LogP) is 3.39. The summed E-state index contributed by atoms with van der Waals surface area (Å²) < 4.78 is 10.9. The van der Waals surface area contributed by atoms with Crippen molar-refractivity contribution in [1.82, 2.24) is 0 Å². The summed E-state index contributed by atoms with van der Waals surface area (Å²) >= 11 is 0. The number of hydrogen-bond acceptors (Lipinski definition) is 3. The first-order valence-corrected chi connectivity index (χ1v) is 6.32. The number of rotatable bonds is 7. The second-order valence-electron chi connectivity index (χ2n) is 4.08. The normalized spacial score (nSPS) is 12.7. The molecule has 0 aliphatic rings. The Labute approximate surface area is 120 Å². The van der Waals surface area contributed by atoms with Crippen LogP contribution in [0.25, 0.3) is 0 Å². The summed E-state index contributed by atoms with van der Waals surface area (Å²) in [6, 6.07) is 9.14. The number of carbonyl (C=O) groups excluding carboxylic acids is 1. The second kappa shape index (κ2) is 7.58. The van der Waals surface area contributed by atoms with Gasteiger partial charge in [-0.05, 0) is 6.92 Å². The maximum atomic E-state index is 12.8. The molecule has 0 fully saturated rings. The van der Waals surface area contributed by atoms with Gasteiger partial charge in [-0.15, -0.1) is 0 Å². The van der Waals surface area contributed by atoms with Gasteiger partial charge in [-0.2, -0.15) is 0 Å². The summed E-state index contributed by atoms with van der Waals surface area (Å²) in [5.41, 5.74) is 1.12. The Morgan fingerprint density at radius 1 is 1.20 bits per heavy atom. The third-order valence-electron chi connectivity index (χ3n) is 2.93. The lowest BCUT2D eigenvalue weighted by Crippen LogP contribution is -2.40. The van der Waals surface area contributed by atoms with Crippen molar-refractivity contribution in [3.8, 4) is 0 Å². The van der Waals surface area contributed by atoms with Crippen molar-refractivity contribution in [2.75, 3.05) is 14.2 Å². The maximum absolute atomic E-state index is 12.8. The Morgan fingerprint density at radius 3 is 2.25 bits per heavy atom. The van der Waals surface area contributed by atoms with E-state index in [1.807, 2.05) is 25.1 Å². The number of methoxy groups -OCH3 is 2. The van der Waals surface area contributed by atoms with Gasteiger partial charge in [0, 0.05) is 25.4 Å². The lowest BCUT2D eigenvalue weighted by Gasteiger charge is -2.30. The SMILES string of the molecule is C=C/C=C(\C=C/C)C(=O)C(OC)(OC)c1ccccc1. The Hall–Kier alpha value is -1.97. The van der Waals surface area contributed by atoms with E-state index < -0.39 is 5.79 Å². The van der Waals surface area contributed by atoms with Crippen molar-refractivity contribution in [2.45, 2.75) is 12.7 Å². The van der Waals surface area contributed by atoms with Crippen LogP contribution in [0.4, 0.5) is 0 Å². The number of allylic oxidation sites excluding steroid dienone is 4.